The number of aliphatic hydroxyl groups is 1. The van der Waals surface area contributed by atoms with Crippen molar-refractivity contribution in [1.82, 2.24) is 4.98 Å². The van der Waals surface area contributed by atoms with Crippen molar-refractivity contribution in [2.45, 2.75) is 51.9 Å². The molecule has 1 aromatic rings. The molecule has 1 aromatic heterocycles. The first-order valence-electron chi connectivity index (χ1n) is 6.22. The molecule has 0 aliphatic carbocycles. The minimum atomic E-state index is -0.558. The van der Waals surface area contributed by atoms with Crippen molar-refractivity contribution in [1.29, 1.82) is 0 Å². The Bertz CT molecular complexity index is 412. The number of rotatable bonds is 2. The fraction of sp³-hybridized carbons (Fsp3) is 0.615. The van der Waals surface area contributed by atoms with Crippen molar-refractivity contribution in [3.8, 4) is 0 Å². The summed E-state index contributed by atoms with van der Waals surface area (Å²) in [5.41, 5.74) is 0.828. The summed E-state index contributed by atoms with van der Waals surface area (Å²) in [5.74, 6) is 0. The second kappa shape index (κ2) is 4.33. The zero-order valence-corrected chi connectivity index (χ0v) is 11.6. The van der Waals surface area contributed by atoms with Crippen LogP contribution in [0.2, 0.25) is 0 Å². The number of aromatic nitrogens is 1. The van der Waals surface area contributed by atoms with E-state index in [1.807, 2.05) is 33.8 Å². The minimum Gasteiger partial charge on any atom is -0.399 e. The minimum absolute atomic E-state index is 0.347. The summed E-state index contributed by atoms with van der Waals surface area (Å²) in [6, 6.07) is 3.68. The normalized spacial score (nSPS) is 23.1. The van der Waals surface area contributed by atoms with Crippen LogP contribution in [0.5, 0.6) is 0 Å². The summed E-state index contributed by atoms with van der Waals surface area (Å²) >= 11 is 0. The first-order valence-corrected chi connectivity index (χ1v) is 6.22. The van der Waals surface area contributed by atoms with Crippen LogP contribution in [0.3, 0.4) is 0 Å². The van der Waals surface area contributed by atoms with E-state index in [1.165, 1.54) is 0 Å². The second-order valence-electron chi connectivity index (χ2n) is 5.78. The zero-order valence-electron chi connectivity index (χ0n) is 11.6. The third kappa shape index (κ3) is 2.30. The van der Waals surface area contributed by atoms with E-state index in [2.05, 4.69) is 4.98 Å². The smallest absolute Gasteiger partial charge is 0.399 e. The van der Waals surface area contributed by atoms with Crippen molar-refractivity contribution >= 4 is 12.6 Å². The molecule has 4 nitrogen and oxygen atoms in total. The molecular weight excluding hydrogens is 229 g/mol. The van der Waals surface area contributed by atoms with E-state index in [4.69, 9.17) is 9.31 Å². The van der Waals surface area contributed by atoms with Crippen LogP contribution in [0, 0.1) is 0 Å². The number of nitrogens with zero attached hydrogens (tertiary/aromatic N) is 1. The Morgan fingerprint density at radius 1 is 1.17 bits per heavy atom. The Hall–Kier alpha value is -0.905. The van der Waals surface area contributed by atoms with Gasteiger partial charge in [0.1, 0.15) is 0 Å². The fourth-order valence-corrected chi connectivity index (χ4v) is 1.78. The molecule has 0 bridgehead atoms. The van der Waals surface area contributed by atoms with Crippen LogP contribution in [-0.4, -0.2) is 28.4 Å². The molecule has 1 atom stereocenters. The number of pyridine rings is 1. The highest BCUT2D eigenvalue weighted by Crippen LogP contribution is 2.36. The van der Waals surface area contributed by atoms with Gasteiger partial charge in [-0.2, -0.15) is 0 Å². The molecule has 0 aromatic carbocycles. The summed E-state index contributed by atoms with van der Waals surface area (Å²) in [7, 11) is -0.398. The van der Waals surface area contributed by atoms with E-state index in [0.29, 0.717) is 5.69 Å². The molecule has 5 heteroatoms. The summed E-state index contributed by atoms with van der Waals surface area (Å²) in [4.78, 5) is 4.21. The highest BCUT2D eigenvalue weighted by atomic mass is 16.7. The molecule has 1 aliphatic rings. The molecule has 2 heterocycles. The van der Waals surface area contributed by atoms with Gasteiger partial charge in [-0.1, -0.05) is 6.07 Å². The molecule has 0 saturated carbocycles. The molecule has 1 aliphatic heterocycles. The van der Waals surface area contributed by atoms with Crippen LogP contribution >= 0.6 is 0 Å². The topological polar surface area (TPSA) is 51.6 Å². The lowest BCUT2D eigenvalue weighted by Crippen LogP contribution is -2.41. The van der Waals surface area contributed by atoms with Gasteiger partial charge in [0.15, 0.2) is 0 Å². The van der Waals surface area contributed by atoms with Crippen LogP contribution in [0.1, 0.15) is 46.4 Å². The van der Waals surface area contributed by atoms with E-state index in [9.17, 15) is 5.11 Å². The molecule has 0 spiro atoms. The third-order valence-corrected chi connectivity index (χ3v) is 3.76. The van der Waals surface area contributed by atoms with Gasteiger partial charge in [0.25, 0.3) is 0 Å². The van der Waals surface area contributed by atoms with Gasteiger partial charge >= 0.3 is 7.12 Å². The van der Waals surface area contributed by atoms with E-state index in [0.717, 1.165) is 5.46 Å². The molecule has 2 rings (SSSR count). The molecular formula is C13H20BNO3. The Morgan fingerprint density at radius 3 is 2.11 bits per heavy atom. The molecule has 0 amide bonds. The molecule has 98 valence electrons. The van der Waals surface area contributed by atoms with E-state index in [1.54, 1.807) is 19.2 Å². The SMILES string of the molecule is CC(O)c1ccc(B2OC(C)(C)C(C)(C)O2)cn1. The lowest BCUT2D eigenvalue weighted by molar-refractivity contribution is 0.00578. The van der Waals surface area contributed by atoms with E-state index < -0.39 is 13.2 Å². The van der Waals surface area contributed by atoms with Gasteiger partial charge in [-0.05, 0) is 40.7 Å². The summed E-state index contributed by atoms with van der Waals surface area (Å²) in [6.07, 6.45) is 1.14. The Labute approximate surface area is 108 Å². The standard InChI is InChI=1S/C13H20BNO3/c1-9(16)11-7-6-10(8-15-11)14-17-12(2,3)13(4,5)18-14/h6-9,16H,1-5H3. The first-order chi connectivity index (χ1) is 8.23. The Kier molecular flexibility index (Phi) is 3.26. The monoisotopic (exact) mass is 249 g/mol. The average Bonchev–Trinajstić information content (AvgIpc) is 2.48. The molecule has 0 radical (unpaired) electrons. The maximum Gasteiger partial charge on any atom is 0.496 e. The Morgan fingerprint density at radius 2 is 1.72 bits per heavy atom. The van der Waals surface area contributed by atoms with Gasteiger partial charge < -0.3 is 14.4 Å². The van der Waals surface area contributed by atoms with Crippen molar-refractivity contribution in [2.75, 3.05) is 0 Å². The van der Waals surface area contributed by atoms with E-state index >= 15 is 0 Å². The van der Waals surface area contributed by atoms with Crippen LogP contribution in [0.25, 0.3) is 0 Å². The van der Waals surface area contributed by atoms with Gasteiger partial charge in [0, 0.05) is 11.7 Å². The van der Waals surface area contributed by atoms with Crippen molar-refractivity contribution in [3.63, 3.8) is 0 Å². The van der Waals surface area contributed by atoms with Crippen molar-refractivity contribution in [2.24, 2.45) is 0 Å². The van der Waals surface area contributed by atoms with E-state index in [-0.39, 0.29) is 11.2 Å². The highest BCUT2D eigenvalue weighted by molar-refractivity contribution is 6.62. The molecule has 1 unspecified atom stereocenters. The molecule has 1 fully saturated rings. The predicted molar refractivity (Wildman–Crippen MR) is 70.6 cm³/mol. The zero-order chi connectivity index (χ0) is 13.6. The molecule has 1 saturated heterocycles. The van der Waals surface area contributed by atoms with Crippen LogP contribution in [0.4, 0.5) is 0 Å². The van der Waals surface area contributed by atoms with Crippen LogP contribution in [-0.2, 0) is 9.31 Å². The third-order valence-electron chi connectivity index (χ3n) is 3.76. The second-order valence-corrected chi connectivity index (χ2v) is 5.78. The highest BCUT2D eigenvalue weighted by Gasteiger charge is 2.51. The number of hydrogen-bond acceptors (Lipinski definition) is 4. The largest absolute Gasteiger partial charge is 0.496 e. The maximum absolute atomic E-state index is 9.42. The van der Waals surface area contributed by atoms with Crippen LogP contribution < -0.4 is 5.46 Å². The molecule has 1 N–H and O–H groups in total. The predicted octanol–water partition coefficient (Wildman–Crippen LogP) is 1.43. The van der Waals surface area contributed by atoms with Gasteiger partial charge in [-0.15, -0.1) is 0 Å². The van der Waals surface area contributed by atoms with Gasteiger partial charge in [0.05, 0.1) is 23.0 Å². The fourth-order valence-electron chi connectivity index (χ4n) is 1.78. The number of hydrogen-bond donors (Lipinski definition) is 1. The van der Waals surface area contributed by atoms with Gasteiger partial charge in [-0.3, -0.25) is 4.98 Å². The van der Waals surface area contributed by atoms with Crippen LogP contribution in [0.15, 0.2) is 18.3 Å². The van der Waals surface area contributed by atoms with Crippen molar-refractivity contribution in [3.05, 3.63) is 24.0 Å². The number of aliphatic hydroxyl groups excluding tert-OH is 1. The lowest BCUT2D eigenvalue weighted by atomic mass is 9.80. The summed E-state index contributed by atoms with van der Waals surface area (Å²) < 4.78 is 11.9. The molecule has 18 heavy (non-hydrogen) atoms. The van der Waals surface area contributed by atoms with Gasteiger partial charge in [-0.25, -0.2) is 0 Å². The summed E-state index contributed by atoms with van der Waals surface area (Å²) in [6.45, 7) is 9.77. The summed E-state index contributed by atoms with van der Waals surface area (Å²) in [5, 5.41) is 9.42. The quantitative estimate of drug-likeness (QED) is 0.805. The van der Waals surface area contributed by atoms with Crippen molar-refractivity contribution < 1.29 is 14.4 Å². The average molecular weight is 249 g/mol. The Balaban J connectivity index is 2.19. The first kappa shape index (κ1) is 13.5. The maximum atomic E-state index is 9.42. The van der Waals surface area contributed by atoms with Gasteiger partial charge in [0.2, 0.25) is 0 Å². The lowest BCUT2D eigenvalue weighted by Gasteiger charge is -2.32.